The second-order valence-corrected chi connectivity index (χ2v) is 7.84. The van der Waals surface area contributed by atoms with Crippen LogP contribution in [0.2, 0.25) is 0 Å². The third-order valence-corrected chi connectivity index (χ3v) is 5.52. The molecule has 3 aromatic rings. The lowest BCUT2D eigenvalue weighted by molar-refractivity contribution is -0.116. The first-order valence-electron chi connectivity index (χ1n) is 9.88. The Morgan fingerprint density at radius 1 is 1.13 bits per heavy atom. The summed E-state index contributed by atoms with van der Waals surface area (Å²) in [5.41, 5.74) is 2.77. The van der Waals surface area contributed by atoms with Gasteiger partial charge in [0, 0.05) is 18.3 Å². The first-order chi connectivity index (χ1) is 14.5. The SMILES string of the molecule is CCOc1ccc(Cn2cc(NC(=O)CCn3ncc(I)c3C)cn2)cc1OCC. The van der Waals surface area contributed by atoms with Crippen LogP contribution in [0.15, 0.2) is 36.8 Å². The second-order valence-electron chi connectivity index (χ2n) is 6.67. The van der Waals surface area contributed by atoms with E-state index in [1.165, 1.54) is 0 Å². The maximum Gasteiger partial charge on any atom is 0.226 e. The lowest BCUT2D eigenvalue weighted by Gasteiger charge is -2.12. The number of aromatic nitrogens is 4. The summed E-state index contributed by atoms with van der Waals surface area (Å²) >= 11 is 2.23. The van der Waals surface area contributed by atoms with Crippen molar-refractivity contribution in [3.63, 3.8) is 0 Å². The standard InChI is InChI=1S/C21H26IN5O3/c1-4-29-19-7-6-16(10-20(19)30-5-2)13-26-14-17(11-23-26)25-21(28)8-9-27-15(3)18(22)12-24-27/h6-7,10-12,14H,4-5,8-9,13H2,1-3H3,(H,25,28). The molecule has 0 atom stereocenters. The normalized spacial score (nSPS) is 10.8. The van der Waals surface area contributed by atoms with Gasteiger partial charge in [0.2, 0.25) is 5.91 Å². The zero-order valence-corrected chi connectivity index (χ0v) is 19.5. The van der Waals surface area contributed by atoms with Crippen LogP contribution in [0, 0.1) is 10.5 Å². The molecule has 1 aromatic carbocycles. The van der Waals surface area contributed by atoms with E-state index in [1.807, 2.05) is 49.8 Å². The van der Waals surface area contributed by atoms with E-state index < -0.39 is 0 Å². The molecule has 1 N–H and O–H groups in total. The van der Waals surface area contributed by atoms with Crippen LogP contribution in [0.5, 0.6) is 11.5 Å². The van der Waals surface area contributed by atoms with Crippen molar-refractivity contribution in [2.75, 3.05) is 18.5 Å². The molecule has 0 saturated carbocycles. The first-order valence-corrected chi connectivity index (χ1v) is 11.0. The summed E-state index contributed by atoms with van der Waals surface area (Å²) in [7, 11) is 0. The lowest BCUT2D eigenvalue weighted by atomic mass is 10.2. The smallest absolute Gasteiger partial charge is 0.226 e. The average Bonchev–Trinajstić information content (AvgIpc) is 3.29. The molecular formula is C21H26IN5O3. The van der Waals surface area contributed by atoms with Gasteiger partial charge in [0.25, 0.3) is 0 Å². The number of benzene rings is 1. The molecule has 2 aromatic heterocycles. The Bertz CT molecular complexity index is 998. The number of hydrogen-bond acceptors (Lipinski definition) is 5. The Labute approximate surface area is 189 Å². The number of ether oxygens (including phenoxy) is 2. The van der Waals surface area contributed by atoms with E-state index in [9.17, 15) is 4.79 Å². The number of halogens is 1. The van der Waals surface area contributed by atoms with Crippen molar-refractivity contribution in [2.24, 2.45) is 0 Å². The molecule has 0 saturated heterocycles. The van der Waals surface area contributed by atoms with Gasteiger partial charge in [-0.05, 0) is 61.1 Å². The fraction of sp³-hybridized carbons (Fsp3) is 0.381. The van der Waals surface area contributed by atoms with E-state index >= 15 is 0 Å². The van der Waals surface area contributed by atoms with Gasteiger partial charge >= 0.3 is 0 Å². The lowest BCUT2D eigenvalue weighted by Crippen LogP contribution is -2.15. The molecule has 3 rings (SSSR count). The van der Waals surface area contributed by atoms with E-state index in [0.29, 0.717) is 38.4 Å². The minimum Gasteiger partial charge on any atom is -0.490 e. The molecule has 0 unspecified atom stereocenters. The number of carbonyl (C=O) groups excluding carboxylic acids is 1. The molecule has 0 bridgehead atoms. The van der Waals surface area contributed by atoms with Crippen LogP contribution in [0.25, 0.3) is 0 Å². The van der Waals surface area contributed by atoms with Crippen LogP contribution < -0.4 is 14.8 Å². The van der Waals surface area contributed by atoms with Gasteiger partial charge in [0.15, 0.2) is 11.5 Å². The Kier molecular flexibility index (Phi) is 7.72. The van der Waals surface area contributed by atoms with Crippen LogP contribution in [-0.2, 0) is 17.9 Å². The highest BCUT2D eigenvalue weighted by molar-refractivity contribution is 14.1. The summed E-state index contributed by atoms with van der Waals surface area (Å²) in [4.78, 5) is 12.3. The average molecular weight is 523 g/mol. The van der Waals surface area contributed by atoms with E-state index in [2.05, 4.69) is 38.1 Å². The summed E-state index contributed by atoms with van der Waals surface area (Å²) in [6.07, 6.45) is 5.62. The molecule has 2 heterocycles. The van der Waals surface area contributed by atoms with E-state index in [1.54, 1.807) is 17.1 Å². The number of hydrogen-bond donors (Lipinski definition) is 1. The Balaban J connectivity index is 1.57. The third kappa shape index (κ3) is 5.74. The molecule has 0 spiro atoms. The van der Waals surface area contributed by atoms with Crippen molar-refractivity contribution in [3.05, 3.63) is 51.6 Å². The van der Waals surface area contributed by atoms with Gasteiger partial charge in [-0.3, -0.25) is 14.2 Å². The topological polar surface area (TPSA) is 83.2 Å². The Morgan fingerprint density at radius 2 is 1.90 bits per heavy atom. The van der Waals surface area contributed by atoms with Crippen molar-refractivity contribution in [3.8, 4) is 11.5 Å². The Morgan fingerprint density at radius 3 is 2.60 bits per heavy atom. The number of rotatable bonds is 10. The summed E-state index contributed by atoms with van der Waals surface area (Å²) < 4.78 is 16.0. The van der Waals surface area contributed by atoms with Crippen LogP contribution >= 0.6 is 22.6 Å². The second kappa shape index (κ2) is 10.5. The molecule has 0 radical (unpaired) electrons. The number of aryl methyl sites for hydroxylation is 1. The van der Waals surface area contributed by atoms with Crippen LogP contribution in [-0.4, -0.2) is 38.7 Å². The van der Waals surface area contributed by atoms with Gasteiger partial charge in [0.05, 0.1) is 48.0 Å². The summed E-state index contributed by atoms with van der Waals surface area (Å²) in [6.45, 7) is 8.14. The molecule has 0 fully saturated rings. The quantitative estimate of drug-likeness (QED) is 0.408. The molecule has 8 nitrogen and oxygen atoms in total. The molecule has 30 heavy (non-hydrogen) atoms. The van der Waals surface area contributed by atoms with Crippen LogP contribution in [0.3, 0.4) is 0 Å². The largest absolute Gasteiger partial charge is 0.490 e. The first kappa shape index (κ1) is 22.1. The summed E-state index contributed by atoms with van der Waals surface area (Å²) in [5, 5.41) is 11.5. The number of nitrogens with zero attached hydrogens (tertiary/aromatic N) is 4. The monoisotopic (exact) mass is 523 g/mol. The number of anilines is 1. The number of amides is 1. The maximum atomic E-state index is 12.3. The van der Waals surface area contributed by atoms with Gasteiger partial charge in [-0.25, -0.2) is 0 Å². The molecule has 0 aliphatic carbocycles. The van der Waals surface area contributed by atoms with Gasteiger partial charge in [-0.15, -0.1) is 0 Å². The minimum atomic E-state index is -0.0702. The highest BCUT2D eigenvalue weighted by Gasteiger charge is 2.10. The van der Waals surface area contributed by atoms with Crippen molar-refractivity contribution in [2.45, 2.75) is 40.3 Å². The van der Waals surface area contributed by atoms with Gasteiger partial charge in [-0.1, -0.05) is 6.07 Å². The van der Waals surface area contributed by atoms with Gasteiger partial charge < -0.3 is 14.8 Å². The van der Waals surface area contributed by atoms with Crippen LogP contribution in [0.4, 0.5) is 5.69 Å². The molecule has 0 aliphatic heterocycles. The van der Waals surface area contributed by atoms with Crippen molar-refractivity contribution < 1.29 is 14.3 Å². The fourth-order valence-corrected chi connectivity index (χ4v) is 3.38. The molecule has 1 amide bonds. The zero-order chi connectivity index (χ0) is 21.5. The third-order valence-electron chi connectivity index (χ3n) is 4.46. The molecule has 160 valence electrons. The van der Waals surface area contributed by atoms with Crippen molar-refractivity contribution in [1.29, 1.82) is 0 Å². The van der Waals surface area contributed by atoms with Crippen molar-refractivity contribution in [1.82, 2.24) is 19.6 Å². The molecule has 9 heteroatoms. The highest BCUT2D eigenvalue weighted by Crippen LogP contribution is 2.29. The van der Waals surface area contributed by atoms with Gasteiger partial charge in [-0.2, -0.15) is 10.2 Å². The molecule has 0 aliphatic rings. The summed E-state index contributed by atoms with van der Waals surface area (Å²) in [5.74, 6) is 1.39. The maximum absolute atomic E-state index is 12.3. The van der Waals surface area contributed by atoms with Gasteiger partial charge in [0.1, 0.15) is 0 Å². The fourth-order valence-electron chi connectivity index (χ4n) is 2.98. The number of carbonyl (C=O) groups is 1. The zero-order valence-electron chi connectivity index (χ0n) is 17.4. The number of nitrogens with one attached hydrogen (secondary N) is 1. The van der Waals surface area contributed by atoms with E-state index in [-0.39, 0.29) is 5.91 Å². The van der Waals surface area contributed by atoms with E-state index in [0.717, 1.165) is 26.3 Å². The van der Waals surface area contributed by atoms with Crippen LogP contribution in [0.1, 0.15) is 31.5 Å². The van der Waals surface area contributed by atoms with E-state index in [4.69, 9.17) is 9.47 Å². The summed E-state index contributed by atoms with van der Waals surface area (Å²) in [6, 6.07) is 5.86. The predicted molar refractivity (Wildman–Crippen MR) is 123 cm³/mol. The Hall–Kier alpha value is -2.56. The van der Waals surface area contributed by atoms with Crippen molar-refractivity contribution >= 4 is 34.2 Å². The minimum absolute atomic E-state index is 0.0702. The highest BCUT2D eigenvalue weighted by atomic mass is 127. The molecular weight excluding hydrogens is 497 g/mol. The predicted octanol–water partition coefficient (Wildman–Crippen LogP) is 3.87.